The van der Waals surface area contributed by atoms with Crippen LogP contribution in [0.15, 0.2) is 36.4 Å². The number of carbonyl (C=O) groups is 1. The second-order valence-electron chi connectivity index (χ2n) is 4.93. The van der Waals surface area contributed by atoms with E-state index in [1.165, 1.54) is 13.2 Å². The Labute approximate surface area is 129 Å². The van der Waals surface area contributed by atoms with Gasteiger partial charge in [0.05, 0.1) is 7.11 Å². The summed E-state index contributed by atoms with van der Waals surface area (Å²) in [5.41, 5.74) is 0.777. The summed E-state index contributed by atoms with van der Waals surface area (Å²) in [5.74, 6) is 0.784. The van der Waals surface area contributed by atoms with Crippen LogP contribution in [-0.4, -0.2) is 25.7 Å². The van der Waals surface area contributed by atoms with Crippen molar-refractivity contribution in [2.45, 2.75) is 18.9 Å². The van der Waals surface area contributed by atoms with Crippen LogP contribution in [0.25, 0.3) is 6.08 Å². The van der Waals surface area contributed by atoms with Crippen LogP contribution < -0.4 is 14.8 Å². The second kappa shape index (κ2) is 7.32. The molecule has 1 N–H and O–H groups in total. The first-order valence-corrected chi connectivity index (χ1v) is 7.02. The molecule has 0 bridgehead atoms. The highest BCUT2D eigenvalue weighted by Gasteiger charge is 2.24. The summed E-state index contributed by atoms with van der Waals surface area (Å²) < 4.78 is 10.7. The highest BCUT2D eigenvalue weighted by atomic mass is 16.5. The van der Waals surface area contributed by atoms with Crippen LogP contribution in [0.4, 0.5) is 0 Å². The van der Waals surface area contributed by atoms with Crippen LogP contribution in [0.5, 0.6) is 11.5 Å². The van der Waals surface area contributed by atoms with Crippen molar-refractivity contribution in [1.29, 1.82) is 5.26 Å². The molecule has 1 aromatic carbocycles. The third-order valence-corrected chi connectivity index (χ3v) is 3.13. The Balaban J connectivity index is 2.19. The SMILES string of the molecule is C=CCOc1ccc(C=C(C#N)C(=O)NC2CC2)cc1OC. The van der Waals surface area contributed by atoms with E-state index in [-0.39, 0.29) is 17.5 Å². The van der Waals surface area contributed by atoms with Gasteiger partial charge < -0.3 is 14.8 Å². The number of hydrogen-bond donors (Lipinski definition) is 1. The Morgan fingerprint density at radius 2 is 2.27 bits per heavy atom. The number of amides is 1. The Kier molecular flexibility index (Phi) is 5.21. The predicted molar refractivity (Wildman–Crippen MR) is 83.4 cm³/mol. The molecule has 1 aliphatic rings. The van der Waals surface area contributed by atoms with Gasteiger partial charge in [-0.15, -0.1) is 0 Å². The van der Waals surface area contributed by atoms with Gasteiger partial charge in [-0.1, -0.05) is 18.7 Å². The number of hydrogen-bond acceptors (Lipinski definition) is 4. The average molecular weight is 298 g/mol. The van der Waals surface area contributed by atoms with Gasteiger partial charge in [-0.25, -0.2) is 0 Å². The van der Waals surface area contributed by atoms with Crippen LogP contribution in [0.2, 0.25) is 0 Å². The molecule has 0 radical (unpaired) electrons. The largest absolute Gasteiger partial charge is 0.493 e. The molecule has 0 unspecified atom stereocenters. The average Bonchev–Trinajstić information content (AvgIpc) is 3.34. The minimum atomic E-state index is -0.337. The first-order chi connectivity index (χ1) is 10.7. The van der Waals surface area contributed by atoms with E-state index in [1.54, 1.807) is 24.3 Å². The smallest absolute Gasteiger partial charge is 0.262 e. The lowest BCUT2D eigenvalue weighted by atomic mass is 10.1. The standard InChI is InChI=1S/C17H18N2O3/c1-3-8-22-15-7-4-12(10-16(15)21-2)9-13(11-18)17(20)19-14-5-6-14/h3-4,7,9-10,14H,1,5-6,8H2,2H3,(H,19,20). The molecule has 0 saturated heterocycles. The number of benzene rings is 1. The summed E-state index contributed by atoms with van der Waals surface area (Å²) in [6.07, 6.45) is 5.14. The summed E-state index contributed by atoms with van der Waals surface area (Å²) in [6.45, 7) is 3.97. The van der Waals surface area contributed by atoms with Gasteiger partial charge in [0, 0.05) is 6.04 Å². The number of methoxy groups -OCH3 is 1. The maximum Gasteiger partial charge on any atom is 0.262 e. The van der Waals surface area contributed by atoms with Crippen LogP contribution in [0.1, 0.15) is 18.4 Å². The van der Waals surface area contributed by atoms with Gasteiger partial charge in [0.1, 0.15) is 18.2 Å². The quantitative estimate of drug-likeness (QED) is 0.477. The zero-order valence-electron chi connectivity index (χ0n) is 12.5. The van der Waals surface area contributed by atoms with Crippen molar-refractivity contribution in [1.82, 2.24) is 5.32 Å². The van der Waals surface area contributed by atoms with E-state index in [9.17, 15) is 4.79 Å². The monoisotopic (exact) mass is 298 g/mol. The topological polar surface area (TPSA) is 71.3 Å². The van der Waals surface area contributed by atoms with Gasteiger partial charge in [0.25, 0.3) is 5.91 Å². The van der Waals surface area contributed by atoms with Crippen LogP contribution in [0, 0.1) is 11.3 Å². The van der Waals surface area contributed by atoms with Gasteiger partial charge >= 0.3 is 0 Å². The Bertz CT molecular complexity index is 640. The van der Waals surface area contributed by atoms with E-state index in [0.717, 1.165) is 12.8 Å². The predicted octanol–water partition coefficient (Wildman–Crippen LogP) is 2.45. The first kappa shape index (κ1) is 15.6. The molecule has 1 aliphatic carbocycles. The number of carbonyl (C=O) groups excluding carboxylic acids is 1. The molecule has 0 heterocycles. The molecule has 2 rings (SSSR count). The molecule has 0 aromatic heterocycles. The van der Waals surface area contributed by atoms with Crippen molar-refractivity contribution in [3.63, 3.8) is 0 Å². The number of ether oxygens (including phenoxy) is 2. The van der Waals surface area contributed by atoms with E-state index in [2.05, 4.69) is 11.9 Å². The van der Waals surface area contributed by atoms with Crippen LogP contribution in [-0.2, 0) is 4.79 Å². The van der Waals surface area contributed by atoms with E-state index in [0.29, 0.717) is 23.7 Å². The fraction of sp³-hybridized carbons (Fsp3) is 0.294. The first-order valence-electron chi connectivity index (χ1n) is 7.02. The number of rotatable bonds is 7. The number of nitrogens with zero attached hydrogens (tertiary/aromatic N) is 1. The van der Waals surface area contributed by atoms with Gasteiger partial charge in [0.2, 0.25) is 0 Å². The van der Waals surface area contributed by atoms with Crippen molar-refractivity contribution in [2.24, 2.45) is 0 Å². The highest BCUT2D eigenvalue weighted by Crippen LogP contribution is 2.29. The van der Waals surface area contributed by atoms with Crippen LogP contribution in [0.3, 0.4) is 0 Å². The Morgan fingerprint density at radius 3 is 2.86 bits per heavy atom. The summed E-state index contributed by atoms with van der Waals surface area (Å²) in [7, 11) is 1.54. The molecule has 1 saturated carbocycles. The Morgan fingerprint density at radius 1 is 1.50 bits per heavy atom. The molecule has 5 nitrogen and oxygen atoms in total. The minimum Gasteiger partial charge on any atom is -0.493 e. The maximum atomic E-state index is 11.9. The summed E-state index contributed by atoms with van der Waals surface area (Å²) in [5, 5.41) is 11.9. The van der Waals surface area contributed by atoms with Crippen molar-refractivity contribution < 1.29 is 14.3 Å². The lowest BCUT2D eigenvalue weighted by Crippen LogP contribution is -2.26. The molecule has 1 aromatic rings. The number of nitriles is 1. The maximum absolute atomic E-state index is 11.9. The second-order valence-corrected chi connectivity index (χ2v) is 4.93. The third-order valence-electron chi connectivity index (χ3n) is 3.13. The van der Waals surface area contributed by atoms with Gasteiger partial charge in [-0.05, 0) is 36.6 Å². The molecule has 114 valence electrons. The zero-order valence-corrected chi connectivity index (χ0v) is 12.5. The van der Waals surface area contributed by atoms with Crippen LogP contribution >= 0.6 is 0 Å². The molecule has 0 spiro atoms. The third kappa shape index (κ3) is 4.13. The lowest BCUT2D eigenvalue weighted by Gasteiger charge is -2.10. The van der Waals surface area contributed by atoms with Crippen molar-refractivity contribution in [2.75, 3.05) is 13.7 Å². The number of nitrogens with one attached hydrogen (secondary N) is 1. The summed E-state index contributed by atoms with van der Waals surface area (Å²) >= 11 is 0. The fourth-order valence-corrected chi connectivity index (χ4v) is 1.85. The van der Waals surface area contributed by atoms with E-state index in [4.69, 9.17) is 14.7 Å². The Hall–Kier alpha value is -2.74. The van der Waals surface area contributed by atoms with Gasteiger partial charge in [0.15, 0.2) is 11.5 Å². The highest BCUT2D eigenvalue weighted by molar-refractivity contribution is 6.02. The van der Waals surface area contributed by atoms with E-state index >= 15 is 0 Å². The van der Waals surface area contributed by atoms with Gasteiger partial charge in [-0.3, -0.25) is 4.79 Å². The molecule has 22 heavy (non-hydrogen) atoms. The van der Waals surface area contributed by atoms with E-state index < -0.39 is 0 Å². The zero-order chi connectivity index (χ0) is 15.9. The van der Waals surface area contributed by atoms with Crippen molar-refractivity contribution in [3.8, 4) is 17.6 Å². The molecule has 1 amide bonds. The fourth-order valence-electron chi connectivity index (χ4n) is 1.85. The molecule has 5 heteroatoms. The normalized spacial score (nSPS) is 13.9. The van der Waals surface area contributed by atoms with Crippen molar-refractivity contribution >= 4 is 12.0 Å². The van der Waals surface area contributed by atoms with Gasteiger partial charge in [-0.2, -0.15) is 5.26 Å². The lowest BCUT2D eigenvalue weighted by molar-refractivity contribution is -0.117. The summed E-state index contributed by atoms with van der Waals surface area (Å²) in [4.78, 5) is 11.9. The molecule has 0 aliphatic heterocycles. The van der Waals surface area contributed by atoms with E-state index in [1.807, 2.05) is 6.07 Å². The molecule has 1 fully saturated rings. The molecular weight excluding hydrogens is 280 g/mol. The summed E-state index contributed by atoms with van der Waals surface area (Å²) in [6, 6.07) is 7.38. The van der Waals surface area contributed by atoms with Crippen molar-refractivity contribution in [3.05, 3.63) is 42.0 Å². The molecule has 0 atom stereocenters. The molecular formula is C17H18N2O3. The minimum absolute atomic E-state index is 0.0775.